The highest BCUT2D eigenvalue weighted by atomic mass is 16.5. The predicted octanol–water partition coefficient (Wildman–Crippen LogP) is 16.5. The van der Waals surface area contributed by atoms with Crippen molar-refractivity contribution in [2.75, 3.05) is 16.5 Å². The number of nitrogens with zero attached hydrogens (tertiary/aromatic N) is 6. The second-order valence-corrected chi connectivity index (χ2v) is 20.2. The minimum Gasteiger partial charge on any atom is -0.457 e. The lowest BCUT2D eigenvalue weighted by atomic mass is 9.86. The van der Waals surface area contributed by atoms with E-state index in [1.54, 1.807) is 0 Å². The van der Waals surface area contributed by atoms with Gasteiger partial charge in [-0.1, -0.05) is 142 Å². The summed E-state index contributed by atoms with van der Waals surface area (Å²) in [7, 11) is 0. The van der Waals surface area contributed by atoms with E-state index in [9.17, 15) is 0 Å². The van der Waals surface area contributed by atoms with E-state index in [-0.39, 0.29) is 5.41 Å². The largest absolute Gasteiger partial charge is 0.457 e. The molecule has 0 atom stereocenters. The molecule has 0 amide bonds. The standard InChI is InChI=1S/C64H54N6O/c1-42-34-62(65-40-54(42)45-22-12-7-13-23-45)70-56-32-29-46(64(2,3)4)35-53(56)52-31-30-49(37-57(52)70)71-48-25-16-24-47(36-48)68-41-69(60-39-58-55(38-59(60)68)66-61-28-14-15-33-67(58)61)63-50(43-18-8-5-9-19-43)26-17-27-51(63)44-20-10-6-11-21-44/h5-13,16-27,29-32,34-40H,14-15,28,33,41H2,1-4H3. The van der Waals surface area contributed by atoms with Gasteiger partial charge in [0, 0.05) is 64.4 Å². The first-order valence-electron chi connectivity index (χ1n) is 24.9. The number of rotatable bonds is 8. The highest BCUT2D eigenvalue weighted by Crippen LogP contribution is 2.52. The van der Waals surface area contributed by atoms with Crippen molar-refractivity contribution in [3.63, 3.8) is 0 Å². The fourth-order valence-corrected chi connectivity index (χ4v) is 11.1. The normalized spacial score (nSPS) is 13.6. The van der Waals surface area contributed by atoms with Crippen LogP contribution in [0.3, 0.4) is 0 Å². The van der Waals surface area contributed by atoms with Gasteiger partial charge in [-0.3, -0.25) is 4.57 Å². The molecule has 0 N–H and O–H groups in total. The SMILES string of the molecule is Cc1cc(-n2c3ccc(C(C)(C)C)cc3c3ccc(Oc4cccc(N5CN(c6c(-c7ccccc7)cccc6-c6ccccc6)c6cc7c(cc65)nc5n7CCCC5)c4)cc32)ncc1-c1ccccc1. The Morgan fingerprint density at radius 2 is 1.21 bits per heavy atom. The van der Waals surface area contributed by atoms with Gasteiger partial charge in [0.15, 0.2) is 0 Å². The Hall–Kier alpha value is -8.42. The molecular weight excluding hydrogens is 869 g/mol. The van der Waals surface area contributed by atoms with Crippen LogP contribution in [-0.2, 0) is 18.4 Å². The quantitative estimate of drug-likeness (QED) is 0.152. The summed E-state index contributed by atoms with van der Waals surface area (Å²) in [6.07, 6.45) is 5.35. The molecule has 7 heteroatoms. The van der Waals surface area contributed by atoms with Gasteiger partial charge in [0.2, 0.25) is 0 Å². The molecule has 71 heavy (non-hydrogen) atoms. The number of aromatic nitrogens is 4. The number of hydrogen-bond acceptors (Lipinski definition) is 5. The van der Waals surface area contributed by atoms with Gasteiger partial charge in [0.25, 0.3) is 0 Å². The topological polar surface area (TPSA) is 51.4 Å². The van der Waals surface area contributed by atoms with E-state index >= 15 is 0 Å². The Kier molecular flexibility index (Phi) is 10.2. The second-order valence-electron chi connectivity index (χ2n) is 20.2. The second kappa shape index (κ2) is 16.9. The zero-order chi connectivity index (χ0) is 47.8. The van der Waals surface area contributed by atoms with Crippen LogP contribution >= 0.6 is 0 Å². The summed E-state index contributed by atoms with van der Waals surface area (Å²) in [6.45, 7) is 10.6. The van der Waals surface area contributed by atoms with E-state index in [1.807, 2.05) is 6.20 Å². The third-order valence-corrected chi connectivity index (χ3v) is 14.7. The van der Waals surface area contributed by atoms with Gasteiger partial charge in [-0.2, -0.15) is 0 Å². The molecule has 0 fully saturated rings. The van der Waals surface area contributed by atoms with Crippen molar-refractivity contribution in [3.05, 3.63) is 211 Å². The lowest BCUT2D eigenvalue weighted by molar-refractivity contribution is 0.483. The number of imidazole rings is 1. The number of aryl methyl sites for hydroxylation is 3. The Labute approximate surface area is 414 Å². The van der Waals surface area contributed by atoms with E-state index in [0.717, 1.165) is 80.4 Å². The molecule has 0 saturated carbocycles. The molecule has 2 aliphatic rings. The van der Waals surface area contributed by atoms with Crippen molar-refractivity contribution in [1.29, 1.82) is 0 Å². The molecule has 0 spiro atoms. The van der Waals surface area contributed by atoms with Crippen molar-refractivity contribution in [2.24, 2.45) is 0 Å². The highest BCUT2D eigenvalue weighted by Gasteiger charge is 2.33. The smallest absolute Gasteiger partial charge is 0.137 e. The van der Waals surface area contributed by atoms with E-state index in [2.05, 4.69) is 235 Å². The average molecular weight is 923 g/mol. The van der Waals surface area contributed by atoms with Crippen LogP contribution in [0.4, 0.5) is 22.7 Å². The molecule has 0 radical (unpaired) electrons. The molecule has 0 saturated heterocycles. The van der Waals surface area contributed by atoms with Crippen LogP contribution in [0.15, 0.2) is 194 Å². The van der Waals surface area contributed by atoms with Crippen LogP contribution in [0.5, 0.6) is 11.5 Å². The molecule has 11 aromatic rings. The molecular formula is C64H54N6O. The number of hydrogen-bond donors (Lipinski definition) is 0. The predicted molar refractivity (Wildman–Crippen MR) is 293 cm³/mol. The van der Waals surface area contributed by atoms with Gasteiger partial charge in [-0.05, 0) is 108 Å². The molecule has 0 aliphatic carbocycles. The number of anilines is 4. The van der Waals surface area contributed by atoms with E-state index in [1.165, 1.54) is 68.6 Å². The summed E-state index contributed by atoms with van der Waals surface area (Å²) in [5.74, 6) is 3.57. The maximum absolute atomic E-state index is 6.94. The fraction of sp³-hybridized carbons (Fsp3) is 0.156. The highest BCUT2D eigenvalue weighted by molar-refractivity contribution is 6.10. The van der Waals surface area contributed by atoms with Gasteiger partial charge < -0.3 is 19.1 Å². The number of para-hydroxylation sites is 1. The summed E-state index contributed by atoms with van der Waals surface area (Å²) < 4.78 is 11.7. The first kappa shape index (κ1) is 42.7. The summed E-state index contributed by atoms with van der Waals surface area (Å²) in [5.41, 5.74) is 18.4. The molecule has 346 valence electrons. The zero-order valence-corrected chi connectivity index (χ0v) is 40.6. The Balaban J connectivity index is 0.924. The van der Waals surface area contributed by atoms with Gasteiger partial charge >= 0.3 is 0 Å². The zero-order valence-electron chi connectivity index (χ0n) is 40.6. The molecule has 2 aliphatic heterocycles. The molecule has 5 heterocycles. The van der Waals surface area contributed by atoms with Gasteiger partial charge in [-0.25, -0.2) is 9.97 Å². The van der Waals surface area contributed by atoms with E-state index in [0.29, 0.717) is 6.67 Å². The summed E-state index contributed by atoms with van der Waals surface area (Å²) in [6, 6.07) is 67.7. The number of benzene rings is 8. The minimum atomic E-state index is -0.00468. The Morgan fingerprint density at radius 3 is 1.92 bits per heavy atom. The maximum Gasteiger partial charge on any atom is 0.137 e. The van der Waals surface area contributed by atoms with Crippen LogP contribution < -0.4 is 14.5 Å². The van der Waals surface area contributed by atoms with Gasteiger partial charge in [0.1, 0.15) is 29.8 Å². The Morgan fingerprint density at radius 1 is 0.535 bits per heavy atom. The Bertz CT molecular complexity index is 3770. The number of ether oxygens (including phenoxy) is 1. The van der Waals surface area contributed by atoms with Crippen LogP contribution in [0, 0.1) is 6.92 Å². The van der Waals surface area contributed by atoms with Crippen molar-refractivity contribution in [1.82, 2.24) is 19.1 Å². The first-order valence-corrected chi connectivity index (χ1v) is 24.9. The van der Waals surface area contributed by atoms with Crippen molar-refractivity contribution >= 4 is 55.6 Å². The number of fused-ring (bicyclic) bond motifs is 7. The van der Waals surface area contributed by atoms with Crippen LogP contribution in [-0.4, -0.2) is 25.8 Å². The maximum atomic E-state index is 6.94. The number of pyridine rings is 1. The summed E-state index contributed by atoms with van der Waals surface area (Å²) in [5, 5.41) is 2.35. The summed E-state index contributed by atoms with van der Waals surface area (Å²) >= 11 is 0. The molecule has 7 nitrogen and oxygen atoms in total. The van der Waals surface area contributed by atoms with Gasteiger partial charge in [0.05, 0.1) is 39.1 Å². The molecule has 0 bridgehead atoms. The molecule has 8 aromatic carbocycles. The summed E-state index contributed by atoms with van der Waals surface area (Å²) in [4.78, 5) is 15.3. The molecule has 13 rings (SSSR count). The molecule has 0 unspecified atom stereocenters. The van der Waals surface area contributed by atoms with Crippen molar-refractivity contribution < 1.29 is 4.74 Å². The van der Waals surface area contributed by atoms with Gasteiger partial charge in [-0.15, -0.1) is 0 Å². The van der Waals surface area contributed by atoms with E-state index < -0.39 is 0 Å². The van der Waals surface area contributed by atoms with Crippen LogP contribution in [0.2, 0.25) is 0 Å². The first-order chi connectivity index (χ1) is 34.7. The molecule has 3 aromatic heterocycles. The minimum absolute atomic E-state index is 0.00468. The van der Waals surface area contributed by atoms with E-state index in [4.69, 9.17) is 14.7 Å². The lowest BCUT2D eigenvalue weighted by Crippen LogP contribution is -2.25. The lowest BCUT2D eigenvalue weighted by Gasteiger charge is -2.27. The third kappa shape index (κ3) is 7.43. The van der Waals surface area contributed by atoms with Crippen LogP contribution in [0.25, 0.3) is 72.0 Å². The third-order valence-electron chi connectivity index (χ3n) is 14.7. The van der Waals surface area contributed by atoms with Crippen molar-refractivity contribution in [2.45, 2.75) is 58.9 Å². The average Bonchev–Trinajstić information content (AvgIpc) is 4.07. The fourth-order valence-electron chi connectivity index (χ4n) is 11.1. The monoisotopic (exact) mass is 922 g/mol. The van der Waals surface area contributed by atoms with Crippen LogP contribution in [0.1, 0.15) is 50.6 Å². The van der Waals surface area contributed by atoms with Crippen molar-refractivity contribution in [3.8, 4) is 50.7 Å².